The van der Waals surface area contributed by atoms with Crippen LogP contribution in [0.25, 0.3) is 11.0 Å². The number of nitrogens with zero attached hydrogens (tertiary/aromatic N) is 3. The number of hydrogen-bond donors (Lipinski definition) is 1. The number of H-pyrrole nitrogens is 1. The van der Waals surface area contributed by atoms with Crippen LogP contribution in [0.15, 0.2) is 36.7 Å². The molecule has 0 amide bonds. The predicted molar refractivity (Wildman–Crippen MR) is 101 cm³/mol. The molecular formula is C20H26N4O. The van der Waals surface area contributed by atoms with Crippen LogP contribution >= 0.6 is 0 Å². The zero-order chi connectivity index (χ0) is 17.6. The molecule has 0 spiro atoms. The van der Waals surface area contributed by atoms with Gasteiger partial charge in [-0.2, -0.15) is 4.98 Å². The van der Waals surface area contributed by atoms with Gasteiger partial charge in [0.25, 0.3) is 0 Å². The molecule has 2 heterocycles. The second-order valence-electron chi connectivity index (χ2n) is 6.66. The summed E-state index contributed by atoms with van der Waals surface area (Å²) in [5.41, 5.74) is 5.65. The largest absolute Gasteiger partial charge is 0.463 e. The smallest absolute Gasteiger partial charge is 0.317 e. The van der Waals surface area contributed by atoms with E-state index in [9.17, 15) is 0 Å². The summed E-state index contributed by atoms with van der Waals surface area (Å²) in [6.45, 7) is 3.76. The van der Waals surface area contributed by atoms with Gasteiger partial charge in [0.2, 0.25) is 0 Å². The van der Waals surface area contributed by atoms with Crippen molar-refractivity contribution >= 4 is 11.0 Å². The Morgan fingerprint density at radius 3 is 2.60 bits per heavy atom. The highest BCUT2D eigenvalue weighted by Gasteiger charge is 2.09. The average Bonchev–Trinajstić information content (AvgIpc) is 2.99. The first-order chi connectivity index (χ1) is 12.2. The lowest BCUT2D eigenvalue weighted by atomic mass is 10.0. The summed E-state index contributed by atoms with van der Waals surface area (Å²) in [7, 11) is 4.17. The third-order valence-electron chi connectivity index (χ3n) is 4.12. The number of hydrogen-bond acceptors (Lipinski definition) is 4. The molecule has 1 N–H and O–H groups in total. The molecule has 0 bridgehead atoms. The Morgan fingerprint density at radius 2 is 1.88 bits per heavy atom. The second-order valence-corrected chi connectivity index (χ2v) is 6.66. The third kappa shape index (κ3) is 4.57. The number of benzene rings is 1. The van der Waals surface area contributed by atoms with Gasteiger partial charge in [0.1, 0.15) is 0 Å². The van der Waals surface area contributed by atoms with Crippen LogP contribution in [-0.4, -0.2) is 40.6 Å². The molecule has 25 heavy (non-hydrogen) atoms. The zero-order valence-electron chi connectivity index (χ0n) is 15.2. The maximum Gasteiger partial charge on any atom is 0.317 e. The fraction of sp³-hybridized carbons (Fsp3) is 0.400. The summed E-state index contributed by atoms with van der Waals surface area (Å²) in [5, 5.41) is 0. The van der Waals surface area contributed by atoms with E-state index in [1.165, 1.54) is 11.1 Å². The standard InChI is InChI=1S/C20H26N4O/c1-4-5-10-25-20-22-13-18-19(23-20)17(12-21-18)11-15-6-8-16(9-7-15)14-24(2)3/h6-9,12-13,21H,4-5,10-11,14H2,1-3H3. The SMILES string of the molecule is CCCCOc1ncc2[nH]cc(Cc3ccc(CN(C)C)cc3)c2n1. The molecule has 5 nitrogen and oxygen atoms in total. The predicted octanol–water partition coefficient (Wildman–Crippen LogP) is 3.79. The maximum atomic E-state index is 5.64. The molecule has 0 saturated heterocycles. The summed E-state index contributed by atoms with van der Waals surface area (Å²) in [5.74, 6) is 0. The van der Waals surface area contributed by atoms with Gasteiger partial charge >= 0.3 is 6.01 Å². The van der Waals surface area contributed by atoms with Crippen molar-refractivity contribution in [2.75, 3.05) is 20.7 Å². The van der Waals surface area contributed by atoms with Crippen LogP contribution in [0.3, 0.4) is 0 Å². The van der Waals surface area contributed by atoms with E-state index in [-0.39, 0.29) is 0 Å². The van der Waals surface area contributed by atoms with Crippen molar-refractivity contribution in [3.05, 3.63) is 53.3 Å². The van der Waals surface area contributed by atoms with Crippen LogP contribution in [-0.2, 0) is 13.0 Å². The van der Waals surface area contributed by atoms with Crippen molar-refractivity contribution in [3.63, 3.8) is 0 Å². The zero-order valence-corrected chi connectivity index (χ0v) is 15.2. The van der Waals surface area contributed by atoms with E-state index in [0.29, 0.717) is 12.6 Å². The van der Waals surface area contributed by atoms with Crippen LogP contribution in [0.1, 0.15) is 36.5 Å². The van der Waals surface area contributed by atoms with Crippen molar-refractivity contribution < 1.29 is 4.74 Å². The van der Waals surface area contributed by atoms with E-state index in [0.717, 1.165) is 42.4 Å². The van der Waals surface area contributed by atoms with E-state index in [2.05, 4.69) is 65.1 Å². The number of unbranched alkanes of at least 4 members (excludes halogenated alkanes) is 1. The number of ether oxygens (including phenoxy) is 1. The van der Waals surface area contributed by atoms with Gasteiger partial charge < -0.3 is 14.6 Å². The monoisotopic (exact) mass is 338 g/mol. The van der Waals surface area contributed by atoms with Gasteiger partial charge in [0, 0.05) is 24.7 Å². The fourth-order valence-corrected chi connectivity index (χ4v) is 2.81. The average molecular weight is 338 g/mol. The van der Waals surface area contributed by atoms with Gasteiger partial charge in [-0.3, -0.25) is 0 Å². The van der Waals surface area contributed by atoms with Crippen molar-refractivity contribution in [3.8, 4) is 6.01 Å². The molecule has 1 aromatic carbocycles. The van der Waals surface area contributed by atoms with Crippen LogP contribution < -0.4 is 4.74 Å². The first-order valence-electron chi connectivity index (χ1n) is 8.84. The summed E-state index contributed by atoms with van der Waals surface area (Å²) in [6, 6.07) is 9.23. The second kappa shape index (κ2) is 8.12. The normalized spacial score (nSPS) is 11.4. The van der Waals surface area contributed by atoms with Gasteiger partial charge in [0.05, 0.1) is 23.8 Å². The van der Waals surface area contributed by atoms with Gasteiger partial charge in [-0.15, -0.1) is 0 Å². The lowest BCUT2D eigenvalue weighted by Gasteiger charge is -2.10. The number of rotatable bonds is 8. The topological polar surface area (TPSA) is 54.0 Å². The lowest BCUT2D eigenvalue weighted by molar-refractivity contribution is 0.286. The van der Waals surface area contributed by atoms with Gasteiger partial charge in [0.15, 0.2) is 0 Å². The highest BCUT2D eigenvalue weighted by Crippen LogP contribution is 2.21. The van der Waals surface area contributed by atoms with Crippen LogP contribution in [0.4, 0.5) is 0 Å². The maximum absolute atomic E-state index is 5.64. The van der Waals surface area contributed by atoms with Crippen molar-refractivity contribution in [2.45, 2.75) is 32.7 Å². The van der Waals surface area contributed by atoms with E-state index >= 15 is 0 Å². The van der Waals surface area contributed by atoms with Crippen molar-refractivity contribution in [1.82, 2.24) is 19.9 Å². The molecule has 3 aromatic rings. The Labute approximate surface area is 149 Å². The summed E-state index contributed by atoms with van der Waals surface area (Å²) in [4.78, 5) is 14.3. The Kier molecular flexibility index (Phi) is 5.66. The van der Waals surface area contributed by atoms with Crippen LogP contribution in [0.5, 0.6) is 6.01 Å². The van der Waals surface area contributed by atoms with E-state index in [1.807, 2.05) is 6.20 Å². The molecule has 5 heteroatoms. The van der Waals surface area contributed by atoms with Gasteiger partial charge in [-0.05, 0) is 31.6 Å². The lowest BCUT2D eigenvalue weighted by Crippen LogP contribution is -2.10. The Hall–Kier alpha value is -2.40. The Morgan fingerprint density at radius 1 is 1.12 bits per heavy atom. The Bertz CT molecular complexity index is 808. The number of aromatic nitrogens is 3. The molecule has 0 saturated carbocycles. The van der Waals surface area contributed by atoms with Crippen LogP contribution in [0.2, 0.25) is 0 Å². The van der Waals surface area contributed by atoms with E-state index < -0.39 is 0 Å². The minimum atomic E-state index is 0.461. The minimum Gasteiger partial charge on any atom is -0.463 e. The third-order valence-corrected chi connectivity index (χ3v) is 4.12. The van der Waals surface area contributed by atoms with Crippen LogP contribution in [0, 0.1) is 0 Å². The molecular weight excluding hydrogens is 312 g/mol. The first-order valence-corrected chi connectivity index (χ1v) is 8.84. The number of fused-ring (bicyclic) bond motifs is 1. The molecule has 0 radical (unpaired) electrons. The molecule has 0 aliphatic rings. The summed E-state index contributed by atoms with van der Waals surface area (Å²) in [6.07, 6.45) is 6.77. The summed E-state index contributed by atoms with van der Waals surface area (Å²) < 4.78 is 5.64. The highest BCUT2D eigenvalue weighted by molar-refractivity contribution is 5.78. The van der Waals surface area contributed by atoms with Crippen molar-refractivity contribution in [1.29, 1.82) is 0 Å². The molecule has 0 aliphatic carbocycles. The molecule has 0 unspecified atom stereocenters. The molecule has 0 fully saturated rings. The van der Waals surface area contributed by atoms with E-state index in [4.69, 9.17) is 4.74 Å². The number of aromatic amines is 1. The first kappa shape index (κ1) is 17.4. The molecule has 0 aliphatic heterocycles. The highest BCUT2D eigenvalue weighted by atomic mass is 16.5. The summed E-state index contributed by atoms with van der Waals surface area (Å²) >= 11 is 0. The molecule has 2 aromatic heterocycles. The van der Waals surface area contributed by atoms with E-state index in [1.54, 1.807) is 6.20 Å². The molecule has 3 rings (SSSR count). The quantitative estimate of drug-likeness (QED) is 0.635. The minimum absolute atomic E-state index is 0.461. The van der Waals surface area contributed by atoms with Crippen molar-refractivity contribution in [2.24, 2.45) is 0 Å². The molecule has 132 valence electrons. The Balaban J connectivity index is 1.75. The fourth-order valence-electron chi connectivity index (χ4n) is 2.81. The van der Waals surface area contributed by atoms with Gasteiger partial charge in [-0.25, -0.2) is 4.98 Å². The number of nitrogens with one attached hydrogen (secondary N) is 1. The molecule has 0 atom stereocenters. The van der Waals surface area contributed by atoms with Gasteiger partial charge in [-0.1, -0.05) is 37.6 Å².